The maximum atomic E-state index is 13.1. The number of carbonyl (C=O) groups is 2. The van der Waals surface area contributed by atoms with Gasteiger partial charge in [0, 0.05) is 22.1 Å². The second-order valence-electron chi connectivity index (χ2n) is 10.1. The first kappa shape index (κ1) is 32.7. The predicted octanol–water partition coefficient (Wildman–Crippen LogP) is 8.27. The Morgan fingerprint density at radius 2 is 1.62 bits per heavy atom. The van der Waals surface area contributed by atoms with Gasteiger partial charge in [0.25, 0.3) is 11.6 Å². The van der Waals surface area contributed by atoms with E-state index in [0.29, 0.717) is 22.1 Å². The number of nitrogens with zero attached hydrogens (tertiary/aromatic N) is 4. The highest BCUT2D eigenvalue weighted by molar-refractivity contribution is 7.99. The van der Waals surface area contributed by atoms with Gasteiger partial charge in [0.2, 0.25) is 0 Å². The van der Waals surface area contributed by atoms with E-state index in [1.54, 1.807) is 19.9 Å². The minimum Gasteiger partial charge on any atom is -0.462 e. The third-order valence-corrected chi connectivity index (χ3v) is 9.05. The molecule has 0 atom stereocenters. The van der Waals surface area contributed by atoms with Crippen LogP contribution in [0, 0.1) is 35.3 Å². The Labute approximate surface area is 278 Å². The lowest BCUT2D eigenvalue weighted by Crippen LogP contribution is -2.16. The normalized spacial score (nSPS) is 11.1. The molecule has 0 bridgehead atoms. The zero-order chi connectivity index (χ0) is 33.5. The Morgan fingerprint density at radius 3 is 2.17 bits per heavy atom. The molecule has 0 fully saturated rings. The number of nitrogens with one attached hydrogen (secondary N) is 1. The van der Waals surface area contributed by atoms with Gasteiger partial charge in [-0.25, -0.2) is 14.8 Å². The van der Waals surface area contributed by atoms with Crippen molar-refractivity contribution in [2.45, 2.75) is 30.8 Å². The van der Waals surface area contributed by atoms with Crippen LogP contribution in [0.5, 0.6) is 0 Å². The summed E-state index contributed by atoms with van der Waals surface area (Å²) in [7, 11) is 0. The Morgan fingerprint density at radius 1 is 1.00 bits per heavy atom. The number of aryl methyl sites for hydroxylation is 1. The van der Waals surface area contributed by atoms with Crippen molar-refractivity contribution in [3.8, 4) is 28.6 Å². The molecule has 5 aromatic rings. The van der Waals surface area contributed by atoms with E-state index in [0.717, 1.165) is 27.8 Å². The van der Waals surface area contributed by atoms with Gasteiger partial charge in [0.15, 0.2) is 5.16 Å². The number of esters is 1. The molecule has 0 aliphatic heterocycles. The summed E-state index contributed by atoms with van der Waals surface area (Å²) in [5.74, 6) is -1.34. The molecule has 2 heterocycles. The number of nitriles is 1. The Hall–Kier alpha value is -5.64. The van der Waals surface area contributed by atoms with E-state index in [9.17, 15) is 25.0 Å². The number of benzene rings is 3. The lowest BCUT2D eigenvalue weighted by atomic mass is 10.1. The highest BCUT2D eigenvalue weighted by Crippen LogP contribution is 2.37. The number of nitro benzene ring substituents is 1. The monoisotopic (exact) mass is 661 g/mol. The number of carbonyl (C=O) groups excluding carboxylic acids is 2. The molecule has 10 nitrogen and oxygen atoms in total. The molecule has 12 heteroatoms. The SMILES string of the molecule is CCOC(=O)c1c(NC(=O)C(C#N)=Cc2ccc(Sc3nc(-c4ccccc4)cc(-c4ccccc4)n3)c([N+](=O)[O-])c2)sc(C)c1C. The molecule has 1 N–H and O–H groups in total. The molecule has 1 amide bonds. The van der Waals surface area contributed by atoms with Crippen LogP contribution < -0.4 is 5.32 Å². The Balaban J connectivity index is 1.46. The lowest BCUT2D eigenvalue weighted by Gasteiger charge is -2.09. The number of ether oxygens (including phenoxy) is 1. The van der Waals surface area contributed by atoms with Crippen molar-refractivity contribution in [1.82, 2.24) is 9.97 Å². The number of hydrogen-bond donors (Lipinski definition) is 1. The van der Waals surface area contributed by atoms with Crippen LogP contribution in [0.1, 0.15) is 33.3 Å². The quantitative estimate of drug-likeness (QED) is 0.0390. The van der Waals surface area contributed by atoms with Crippen LogP contribution in [0.25, 0.3) is 28.6 Å². The van der Waals surface area contributed by atoms with Gasteiger partial charge in [-0.15, -0.1) is 11.3 Å². The van der Waals surface area contributed by atoms with Crippen molar-refractivity contribution in [3.63, 3.8) is 0 Å². The molecule has 3 aromatic carbocycles. The van der Waals surface area contributed by atoms with Crippen LogP contribution in [-0.4, -0.2) is 33.4 Å². The molecule has 0 unspecified atom stereocenters. The predicted molar refractivity (Wildman–Crippen MR) is 182 cm³/mol. The molecule has 234 valence electrons. The average Bonchev–Trinajstić information content (AvgIpc) is 3.36. The standard InChI is InChI=1S/C35H27N5O5S2/c1-4-45-34(42)31-21(2)22(3)46-33(31)39-32(41)26(20-36)17-23-15-16-30(29(18-23)40(43)44)47-35-37-27(24-11-7-5-8-12-24)19-28(38-35)25-13-9-6-10-14-25/h5-19H,4H2,1-3H3,(H,39,41). The number of nitro groups is 1. The molecular weight excluding hydrogens is 635 g/mol. The number of anilines is 1. The summed E-state index contributed by atoms with van der Waals surface area (Å²) in [4.78, 5) is 47.8. The summed E-state index contributed by atoms with van der Waals surface area (Å²) in [5, 5.41) is 25.2. The van der Waals surface area contributed by atoms with Gasteiger partial charge in [-0.1, -0.05) is 66.7 Å². The number of thiophene rings is 1. The van der Waals surface area contributed by atoms with E-state index in [2.05, 4.69) is 5.32 Å². The van der Waals surface area contributed by atoms with Crippen LogP contribution in [-0.2, 0) is 9.53 Å². The van der Waals surface area contributed by atoms with Crippen LogP contribution in [0.2, 0.25) is 0 Å². The average molecular weight is 662 g/mol. The third kappa shape index (κ3) is 7.61. The first-order chi connectivity index (χ1) is 22.7. The first-order valence-electron chi connectivity index (χ1n) is 14.3. The fraction of sp³-hybridized carbons (Fsp3) is 0.114. The minimum absolute atomic E-state index is 0.162. The summed E-state index contributed by atoms with van der Waals surface area (Å²) >= 11 is 2.23. The highest BCUT2D eigenvalue weighted by Gasteiger charge is 2.24. The van der Waals surface area contributed by atoms with Crippen molar-refractivity contribution in [3.05, 3.63) is 122 Å². The van der Waals surface area contributed by atoms with E-state index < -0.39 is 16.8 Å². The fourth-order valence-electron chi connectivity index (χ4n) is 4.59. The zero-order valence-corrected chi connectivity index (χ0v) is 27.1. The highest BCUT2D eigenvalue weighted by atomic mass is 32.2. The van der Waals surface area contributed by atoms with Gasteiger partial charge in [0.05, 0.1) is 33.4 Å². The first-order valence-corrected chi connectivity index (χ1v) is 16.0. The maximum Gasteiger partial charge on any atom is 0.341 e. The van der Waals surface area contributed by atoms with Crippen LogP contribution in [0.15, 0.2) is 101 Å². The van der Waals surface area contributed by atoms with Crippen LogP contribution in [0.3, 0.4) is 0 Å². The van der Waals surface area contributed by atoms with E-state index in [4.69, 9.17) is 14.7 Å². The molecule has 0 saturated carbocycles. The van der Waals surface area contributed by atoms with E-state index >= 15 is 0 Å². The summed E-state index contributed by atoms with van der Waals surface area (Å²) in [6.07, 6.45) is 1.26. The minimum atomic E-state index is -0.764. The van der Waals surface area contributed by atoms with Crippen LogP contribution >= 0.6 is 23.1 Å². The smallest absolute Gasteiger partial charge is 0.341 e. The summed E-state index contributed by atoms with van der Waals surface area (Å²) in [6.45, 7) is 5.40. The summed E-state index contributed by atoms with van der Waals surface area (Å²) < 4.78 is 5.14. The van der Waals surface area contributed by atoms with E-state index in [-0.39, 0.29) is 38.9 Å². The van der Waals surface area contributed by atoms with Gasteiger partial charge >= 0.3 is 5.97 Å². The largest absolute Gasteiger partial charge is 0.462 e. The molecule has 0 aliphatic carbocycles. The molecule has 0 spiro atoms. The molecule has 5 rings (SSSR count). The summed E-state index contributed by atoms with van der Waals surface area (Å²) in [5.41, 5.74) is 3.68. The molecule has 2 aromatic heterocycles. The van der Waals surface area contributed by atoms with Crippen molar-refractivity contribution in [2.75, 3.05) is 11.9 Å². The molecule has 47 heavy (non-hydrogen) atoms. The van der Waals surface area contributed by atoms with Crippen molar-refractivity contribution in [2.24, 2.45) is 0 Å². The lowest BCUT2D eigenvalue weighted by molar-refractivity contribution is -0.387. The maximum absolute atomic E-state index is 13.1. The topological polar surface area (TPSA) is 148 Å². The molecule has 0 radical (unpaired) electrons. The number of rotatable bonds is 10. The van der Waals surface area contributed by atoms with Crippen LogP contribution in [0.4, 0.5) is 10.7 Å². The molecular formula is C35H27N5O5S2. The molecule has 0 aliphatic rings. The van der Waals surface area contributed by atoms with Gasteiger partial charge < -0.3 is 10.1 Å². The van der Waals surface area contributed by atoms with Gasteiger partial charge in [0.1, 0.15) is 16.6 Å². The Kier molecular flexibility index (Phi) is 10.2. The second-order valence-corrected chi connectivity index (χ2v) is 12.3. The second kappa shape index (κ2) is 14.6. The zero-order valence-electron chi connectivity index (χ0n) is 25.5. The summed E-state index contributed by atoms with van der Waals surface area (Å²) in [6, 6.07) is 27.3. The van der Waals surface area contributed by atoms with Crippen molar-refractivity contribution in [1.29, 1.82) is 5.26 Å². The van der Waals surface area contributed by atoms with Gasteiger partial charge in [-0.2, -0.15) is 5.26 Å². The van der Waals surface area contributed by atoms with Gasteiger partial charge in [-0.3, -0.25) is 14.9 Å². The molecule has 0 saturated heterocycles. The number of aromatic nitrogens is 2. The van der Waals surface area contributed by atoms with E-state index in [1.807, 2.05) is 79.7 Å². The number of amides is 1. The Bertz CT molecular complexity index is 2000. The van der Waals surface area contributed by atoms with E-state index in [1.165, 1.54) is 29.5 Å². The third-order valence-electron chi connectivity index (χ3n) is 6.99. The van der Waals surface area contributed by atoms with Crippen molar-refractivity contribution >= 4 is 51.7 Å². The fourth-order valence-corrected chi connectivity index (χ4v) is 6.49. The van der Waals surface area contributed by atoms with Crippen molar-refractivity contribution < 1.29 is 19.2 Å². The van der Waals surface area contributed by atoms with Gasteiger partial charge in [-0.05, 0) is 61.9 Å². The number of hydrogen-bond acceptors (Lipinski definition) is 10.